The number of nitrogens with zero attached hydrogens (tertiary/aromatic N) is 1. The average molecular weight is 324 g/mol. The fraction of sp³-hybridized carbons (Fsp3) is 0.250. The van der Waals surface area contributed by atoms with Gasteiger partial charge in [-0.25, -0.2) is 0 Å². The van der Waals surface area contributed by atoms with Crippen LogP contribution in [0.2, 0.25) is 0 Å². The first-order valence-electron chi connectivity index (χ1n) is 7.94. The third-order valence-corrected chi connectivity index (χ3v) is 3.88. The Balaban J connectivity index is 2.33. The van der Waals surface area contributed by atoms with Crippen LogP contribution in [0.25, 0.3) is 0 Å². The van der Waals surface area contributed by atoms with E-state index in [9.17, 15) is 4.79 Å². The summed E-state index contributed by atoms with van der Waals surface area (Å²) in [6, 6.07) is 17.3. The van der Waals surface area contributed by atoms with Crippen molar-refractivity contribution in [1.29, 1.82) is 0 Å². The largest absolute Gasteiger partial charge is 0.497 e. The van der Waals surface area contributed by atoms with Gasteiger partial charge in [0.15, 0.2) is 0 Å². The molecule has 0 aliphatic carbocycles. The van der Waals surface area contributed by atoms with Crippen molar-refractivity contribution in [2.24, 2.45) is 0 Å². The van der Waals surface area contributed by atoms with Gasteiger partial charge in [0.1, 0.15) is 11.8 Å². The molecule has 0 heterocycles. The van der Waals surface area contributed by atoms with Gasteiger partial charge in [-0.1, -0.05) is 48.5 Å². The Morgan fingerprint density at radius 2 is 1.88 bits per heavy atom. The lowest BCUT2D eigenvalue weighted by molar-refractivity contribution is -0.126. The van der Waals surface area contributed by atoms with E-state index < -0.39 is 0 Å². The van der Waals surface area contributed by atoms with Gasteiger partial charge in [-0.05, 0) is 23.3 Å². The van der Waals surface area contributed by atoms with E-state index in [1.54, 1.807) is 14.2 Å². The molecule has 0 bridgehead atoms. The molecule has 1 unspecified atom stereocenters. The first-order valence-corrected chi connectivity index (χ1v) is 7.94. The van der Waals surface area contributed by atoms with Gasteiger partial charge in [0, 0.05) is 20.1 Å². The van der Waals surface area contributed by atoms with E-state index in [1.807, 2.05) is 48.5 Å². The third kappa shape index (κ3) is 4.46. The van der Waals surface area contributed by atoms with Crippen LogP contribution in [0.3, 0.4) is 0 Å². The van der Waals surface area contributed by atoms with E-state index in [-0.39, 0.29) is 11.9 Å². The smallest absolute Gasteiger partial charge is 0.241 e. The summed E-state index contributed by atoms with van der Waals surface area (Å²) >= 11 is 0. The van der Waals surface area contributed by atoms with Crippen LogP contribution in [0, 0.1) is 0 Å². The van der Waals surface area contributed by atoms with Crippen molar-refractivity contribution in [2.75, 3.05) is 20.7 Å². The molecule has 4 nitrogen and oxygen atoms in total. The molecule has 0 fully saturated rings. The van der Waals surface area contributed by atoms with Crippen molar-refractivity contribution in [2.45, 2.75) is 12.6 Å². The summed E-state index contributed by atoms with van der Waals surface area (Å²) < 4.78 is 5.21. The molecule has 126 valence electrons. The second-order valence-corrected chi connectivity index (χ2v) is 5.49. The average Bonchev–Trinajstić information content (AvgIpc) is 2.63. The molecule has 1 amide bonds. The van der Waals surface area contributed by atoms with Gasteiger partial charge in [0.2, 0.25) is 5.91 Å². The summed E-state index contributed by atoms with van der Waals surface area (Å²) in [6.07, 6.45) is 1.82. The second-order valence-electron chi connectivity index (χ2n) is 5.49. The van der Waals surface area contributed by atoms with Gasteiger partial charge in [0.05, 0.1) is 7.11 Å². The Hall–Kier alpha value is -2.59. The highest BCUT2D eigenvalue weighted by Gasteiger charge is 2.26. The first-order chi connectivity index (χ1) is 11.7. The molecule has 4 heteroatoms. The quantitative estimate of drug-likeness (QED) is 0.758. The zero-order chi connectivity index (χ0) is 17.4. The maximum atomic E-state index is 12.6. The number of ether oxygens (including phenoxy) is 1. The number of nitrogens with one attached hydrogen (secondary N) is 1. The van der Waals surface area contributed by atoms with Crippen molar-refractivity contribution in [3.05, 3.63) is 78.4 Å². The number of rotatable bonds is 8. The van der Waals surface area contributed by atoms with E-state index in [0.717, 1.165) is 16.9 Å². The number of amides is 1. The molecule has 1 N–H and O–H groups in total. The molecule has 0 spiro atoms. The predicted octanol–water partition coefficient (Wildman–Crippen LogP) is 3.17. The molecule has 24 heavy (non-hydrogen) atoms. The van der Waals surface area contributed by atoms with Crippen LogP contribution in [-0.4, -0.2) is 31.5 Å². The van der Waals surface area contributed by atoms with Crippen molar-refractivity contribution in [3.63, 3.8) is 0 Å². The normalized spacial score (nSPS) is 11.8. The van der Waals surface area contributed by atoms with E-state index >= 15 is 0 Å². The molecule has 2 aromatic carbocycles. The highest BCUT2D eigenvalue weighted by molar-refractivity contribution is 5.83. The fourth-order valence-corrected chi connectivity index (χ4v) is 2.70. The first kappa shape index (κ1) is 17.8. The van der Waals surface area contributed by atoms with Crippen molar-refractivity contribution < 1.29 is 9.53 Å². The second kappa shape index (κ2) is 8.89. The molecule has 1 atom stereocenters. The standard InChI is InChI=1S/C20H24N2O2/c1-4-14-22(15-16-8-6-5-7-9-16)19(20(23)21-2)17-10-12-18(24-3)13-11-17/h4-13,19H,1,14-15H2,2-3H3,(H,21,23). The van der Waals surface area contributed by atoms with E-state index in [0.29, 0.717) is 13.1 Å². The number of carbonyl (C=O) groups is 1. The summed E-state index contributed by atoms with van der Waals surface area (Å²) in [4.78, 5) is 14.7. The SMILES string of the molecule is C=CCN(Cc1ccccc1)C(C(=O)NC)c1ccc(OC)cc1. The summed E-state index contributed by atoms with van der Waals surface area (Å²) in [5.74, 6) is 0.727. The van der Waals surface area contributed by atoms with Crippen LogP contribution in [0.15, 0.2) is 67.3 Å². The zero-order valence-corrected chi connectivity index (χ0v) is 14.2. The lowest BCUT2D eigenvalue weighted by atomic mass is 10.0. The van der Waals surface area contributed by atoms with Crippen molar-refractivity contribution in [1.82, 2.24) is 10.2 Å². The molecule has 0 saturated heterocycles. The molecule has 0 radical (unpaired) electrons. The van der Waals surface area contributed by atoms with Gasteiger partial charge in [0.25, 0.3) is 0 Å². The number of benzene rings is 2. The fourth-order valence-electron chi connectivity index (χ4n) is 2.70. The predicted molar refractivity (Wildman–Crippen MR) is 96.9 cm³/mol. The van der Waals surface area contributed by atoms with Crippen LogP contribution in [0.4, 0.5) is 0 Å². The summed E-state index contributed by atoms with van der Waals surface area (Å²) in [5, 5.41) is 2.77. The van der Waals surface area contributed by atoms with Gasteiger partial charge < -0.3 is 10.1 Å². The highest BCUT2D eigenvalue weighted by Crippen LogP contribution is 2.25. The van der Waals surface area contributed by atoms with E-state index in [2.05, 4.69) is 28.9 Å². The number of hydrogen-bond donors (Lipinski definition) is 1. The summed E-state index contributed by atoms with van der Waals surface area (Å²) in [6.45, 7) is 5.11. The van der Waals surface area contributed by atoms with Gasteiger partial charge >= 0.3 is 0 Å². The molecule has 0 aliphatic heterocycles. The van der Waals surface area contributed by atoms with Crippen molar-refractivity contribution >= 4 is 5.91 Å². The minimum atomic E-state index is -0.390. The third-order valence-electron chi connectivity index (χ3n) is 3.88. The number of carbonyl (C=O) groups excluding carboxylic acids is 1. The number of likely N-dealkylation sites (N-methyl/N-ethyl adjacent to an activating group) is 1. The van der Waals surface area contributed by atoms with Gasteiger partial charge in [-0.15, -0.1) is 6.58 Å². The van der Waals surface area contributed by atoms with E-state index in [1.165, 1.54) is 0 Å². The van der Waals surface area contributed by atoms with Crippen LogP contribution in [0.1, 0.15) is 17.2 Å². The monoisotopic (exact) mass is 324 g/mol. The van der Waals surface area contributed by atoms with Gasteiger partial charge in [-0.3, -0.25) is 9.69 Å². The molecule has 0 aromatic heterocycles. The van der Waals surface area contributed by atoms with Crippen LogP contribution < -0.4 is 10.1 Å². The van der Waals surface area contributed by atoms with Crippen LogP contribution >= 0.6 is 0 Å². The Labute approximate surface area is 143 Å². The highest BCUT2D eigenvalue weighted by atomic mass is 16.5. The Kier molecular flexibility index (Phi) is 6.58. The van der Waals surface area contributed by atoms with Gasteiger partial charge in [-0.2, -0.15) is 0 Å². The Morgan fingerprint density at radius 1 is 1.21 bits per heavy atom. The molecule has 2 rings (SSSR count). The molecule has 2 aromatic rings. The Bertz CT molecular complexity index is 653. The lowest BCUT2D eigenvalue weighted by Gasteiger charge is -2.30. The topological polar surface area (TPSA) is 41.6 Å². The minimum Gasteiger partial charge on any atom is -0.497 e. The van der Waals surface area contributed by atoms with Crippen LogP contribution in [-0.2, 0) is 11.3 Å². The number of methoxy groups -OCH3 is 1. The lowest BCUT2D eigenvalue weighted by Crippen LogP contribution is -2.39. The van der Waals surface area contributed by atoms with Crippen LogP contribution in [0.5, 0.6) is 5.75 Å². The molecular weight excluding hydrogens is 300 g/mol. The number of hydrogen-bond acceptors (Lipinski definition) is 3. The Morgan fingerprint density at radius 3 is 2.42 bits per heavy atom. The maximum Gasteiger partial charge on any atom is 0.241 e. The zero-order valence-electron chi connectivity index (χ0n) is 14.2. The summed E-state index contributed by atoms with van der Waals surface area (Å²) in [5.41, 5.74) is 2.08. The molecular formula is C20H24N2O2. The maximum absolute atomic E-state index is 12.6. The summed E-state index contributed by atoms with van der Waals surface area (Å²) in [7, 11) is 3.29. The molecule has 0 aliphatic rings. The van der Waals surface area contributed by atoms with E-state index in [4.69, 9.17) is 4.74 Å². The molecule has 0 saturated carbocycles. The minimum absolute atomic E-state index is 0.0436. The van der Waals surface area contributed by atoms with Crippen molar-refractivity contribution in [3.8, 4) is 5.75 Å².